The van der Waals surface area contributed by atoms with E-state index >= 15 is 0 Å². The van der Waals surface area contributed by atoms with Gasteiger partial charge in [-0.15, -0.1) is 6.58 Å². The molecular weight excluding hydrogens is 270 g/mol. The van der Waals surface area contributed by atoms with Gasteiger partial charge in [-0.1, -0.05) is 24.3 Å². The van der Waals surface area contributed by atoms with E-state index in [9.17, 15) is 4.79 Å². The lowest BCUT2D eigenvalue weighted by molar-refractivity contribution is -0.156. The summed E-state index contributed by atoms with van der Waals surface area (Å²) in [5, 5.41) is 0. The third-order valence-electron chi connectivity index (χ3n) is 2.73. The number of rotatable bonds is 7. The van der Waals surface area contributed by atoms with Crippen molar-refractivity contribution in [3.8, 4) is 11.5 Å². The Morgan fingerprint density at radius 3 is 2.90 bits per heavy atom. The predicted octanol–water partition coefficient (Wildman–Crippen LogP) is 2.98. The average molecular weight is 287 g/mol. The van der Waals surface area contributed by atoms with Crippen LogP contribution in [0, 0.1) is 0 Å². The maximum atomic E-state index is 11.7. The Morgan fingerprint density at radius 1 is 1.43 bits per heavy atom. The summed E-state index contributed by atoms with van der Waals surface area (Å²) >= 11 is 0. The molecule has 0 N–H and O–H groups in total. The zero-order valence-electron chi connectivity index (χ0n) is 11.8. The molecule has 0 fully saturated rings. The van der Waals surface area contributed by atoms with Crippen LogP contribution in [-0.4, -0.2) is 23.7 Å². The summed E-state index contributed by atoms with van der Waals surface area (Å²) in [5.41, 5.74) is 1.43. The van der Waals surface area contributed by atoms with Crippen molar-refractivity contribution in [2.24, 2.45) is 0 Å². The summed E-state index contributed by atoms with van der Waals surface area (Å²) in [6.45, 7) is 5.50. The second-order valence-electron chi connectivity index (χ2n) is 4.38. The Labute approximate surface area is 123 Å². The van der Waals surface area contributed by atoms with Gasteiger partial charge in [0.1, 0.15) is 18.6 Å². The maximum absolute atomic E-state index is 11.7. The first-order valence-corrected chi connectivity index (χ1v) is 6.59. The van der Waals surface area contributed by atoms with Gasteiger partial charge in [0.2, 0.25) is 5.89 Å². The third-order valence-corrected chi connectivity index (χ3v) is 2.73. The van der Waals surface area contributed by atoms with Crippen LogP contribution < -0.4 is 0 Å². The first-order chi connectivity index (χ1) is 10.2. The van der Waals surface area contributed by atoms with Gasteiger partial charge in [0.05, 0.1) is 6.61 Å². The second-order valence-corrected chi connectivity index (χ2v) is 4.38. The highest BCUT2D eigenvalue weighted by Gasteiger charge is 2.15. The van der Waals surface area contributed by atoms with E-state index in [4.69, 9.17) is 13.9 Å². The molecule has 0 saturated heterocycles. The van der Waals surface area contributed by atoms with Gasteiger partial charge in [-0.2, -0.15) is 0 Å². The molecule has 0 spiro atoms. The lowest BCUT2D eigenvalue weighted by Crippen LogP contribution is -2.23. The van der Waals surface area contributed by atoms with Crippen LogP contribution in [0.3, 0.4) is 0 Å². The topological polar surface area (TPSA) is 61.6 Å². The molecular formula is C16H17NO4. The Kier molecular flexibility index (Phi) is 5.29. The molecule has 2 rings (SSSR count). The van der Waals surface area contributed by atoms with Gasteiger partial charge in [0.15, 0.2) is 6.10 Å². The van der Waals surface area contributed by atoms with Gasteiger partial charge in [0.25, 0.3) is 0 Å². The fourth-order valence-electron chi connectivity index (χ4n) is 1.63. The molecule has 5 nitrogen and oxygen atoms in total. The highest BCUT2D eigenvalue weighted by Crippen LogP contribution is 2.18. The molecule has 0 aliphatic heterocycles. The highest BCUT2D eigenvalue weighted by molar-refractivity contribution is 5.74. The van der Waals surface area contributed by atoms with E-state index in [1.807, 2.05) is 30.3 Å². The molecule has 1 atom stereocenters. The zero-order chi connectivity index (χ0) is 15.1. The molecule has 0 amide bonds. The standard InChI is InChI=1S/C16H17NO4/c1-3-9-19-12(2)16(18)21-11-14-10-20-15(17-14)13-7-5-4-6-8-13/h3-8,10,12H,1,9,11H2,2H3. The van der Waals surface area contributed by atoms with E-state index in [1.165, 1.54) is 6.26 Å². The van der Waals surface area contributed by atoms with Crippen LogP contribution in [0.25, 0.3) is 11.5 Å². The van der Waals surface area contributed by atoms with Crippen LogP contribution in [0.4, 0.5) is 0 Å². The van der Waals surface area contributed by atoms with Crippen molar-refractivity contribution in [2.45, 2.75) is 19.6 Å². The first kappa shape index (κ1) is 15.0. The number of nitrogens with zero attached hydrogens (tertiary/aromatic N) is 1. The van der Waals surface area contributed by atoms with Crippen LogP contribution in [-0.2, 0) is 20.9 Å². The van der Waals surface area contributed by atoms with Gasteiger partial charge in [-0.25, -0.2) is 9.78 Å². The minimum atomic E-state index is -0.636. The second kappa shape index (κ2) is 7.40. The average Bonchev–Trinajstić information content (AvgIpc) is 3.00. The number of oxazole rings is 1. The first-order valence-electron chi connectivity index (χ1n) is 6.59. The van der Waals surface area contributed by atoms with Gasteiger partial charge in [-0.3, -0.25) is 0 Å². The third kappa shape index (κ3) is 4.29. The smallest absolute Gasteiger partial charge is 0.335 e. The summed E-state index contributed by atoms with van der Waals surface area (Å²) in [6, 6.07) is 9.51. The molecule has 110 valence electrons. The molecule has 0 aliphatic carbocycles. The van der Waals surface area contributed by atoms with E-state index < -0.39 is 12.1 Å². The number of aromatic nitrogens is 1. The molecule has 0 bridgehead atoms. The fourth-order valence-corrected chi connectivity index (χ4v) is 1.63. The van der Waals surface area contributed by atoms with Crippen molar-refractivity contribution in [3.05, 3.63) is 54.9 Å². The van der Waals surface area contributed by atoms with Crippen LogP contribution in [0.15, 0.2) is 53.7 Å². The predicted molar refractivity (Wildman–Crippen MR) is 77.3 cm³/mol. The molecule has 0 radical (unpaired) electrons. The molecule has 1 unspecified atom stereocenters. The molecule has 21 heavy (non-hydrogen) atoms. The largest absolute Gasteiger partial charge is 0.457 e. The van der Waals surface area contributed by atoms with E-state index in [0.29, 0.717) is 18.2 Å². The van der Waals surface area contributed by atoms with Crippen LogP contribution in [0.5, 0.6) is 0 Å². The highest BCUT2D eigenvalue weighted by atomic mass is 16.6. The quantitative estimate of drug-likeness (QED) is 0.578. The summed E-state index contributed by atoms with van der Waals surface area (Å²) in [5.74, 6) is 0.0544. The van der Waals surface area contributed by atoms with Crippen molar-refractivity contribution in [1.82, 2.24) is 4.98 Å². The van der Waals surface area contributed by atoms with Crippen molar-refractivity contribution >= 4 is 5.97 Å². The molecule has 1 aromatic heterocycles. The van der Waals surface area contributed by atoms with Crippen LogP contribution >= 0.6 is 0 Å². The normalized spacial score (nSPS) is 11.9. The summed E-state index contributed by atoms with van der Waals surface area (Å²) in [6.07, 6.45) is 2.42. The van der Waals surface area contributed by atoms with Crippen molar-refractivity contribution in [3.63, 3.8) is 0 Å². The van der Waals surface area contributed by atoms with Crippen molar-refractivity contribution in [1.29, 1.82) is 0 Å². The summed E-state index contributed by atoms with van der Waals surface area (Å²) in [4.78, 5) is 15.9. The van der Waals surface area contributed by atoms with Crippen LogP contribution in [0.2, 0.25) is 0 Å². The fraction of sp³-hybridized carbons (Fsp3) is 0.250. The van der Waals surface area contributed by atoms with Gasteiger partial charge in [-0.05, 0) is 19.1 Å². The molecule has 0 saturated carbocycles. The Bertz CT molecular complexity index is 591. The Morgan fingerprint density at radius 2 is 2.19 bits per heavy atom. The summed E-state index contributed by atoms with van der Waals surface area (Å²) < 4.78 is 15.7. The van der Waals surface area contributed by atoms with E-state index in [1.54, 1.807) is 13.0 Å². The molecule has 5 heteroatoms. The number of benzene rings is 1. The van der Waals surface area contributed by atoms with Gasteiger partial charge >= 0.3 is 5.97 Å². The SMILES string of the molecule is C=CCOC(C)C(=O)OCc1coc(-c2ccccc2)n1. The Balaban J connectivity index is 1.88. The minimum absolute atomic E-state index is 0.0525. The van der Waals surface area contributed by atoms with Gasteiger partial charge in [0, 0.05) is 5.56 Å². The van der Waals surface area contributed by atoms with Crippen molar-refractivity contribution in [2.75, 3.05) is 6.61 Å². The van der Waals surface area contributed by atoms with E-state index in [-0.39, 0.29) is 6.61 Å². The lowest BCUT2D eigenvalue weighted by atomic mass is 10.2. The maximum Gasteiger partial charge on any atom is 0.335 e. The number of ether oxygens (including phenoxy) is 2. The van der Waals surface area contributed by atoms with Crippen LogP contribution in [0.1, 0.15) is 12.6 Å². The number of carbonyl (C=O) groups excluding carboxylic acids is 1. The number of hydrogen-bond donors (Lipinski definition) is 0. The van der Waals surface area contributed by atoms with E-state index in [0.717, 1.165) is 5.56 Å². The monoisotopic (exact) mass is 287 g/mol. The lowest BCUT2D eigenvalue weighted by Gasteiger charge is -2.10. The Hall–Kier alpha value is -2.40. The molecule has 1 heterocycles. The molecule has 1 aromatic carbocycles. The zero-order valence-corrected chi connectivity index (χ0v) is 11.8. The summed E-state index contributed by atoms with van der Waals surface area (Å²) in [7, 11) is 0. The minimum Gasteiger partial charge on any atom is -0.457 e. The van der Waals surface area contributed by atoms with Crippen molar-refractivity contribution < 1.29 is 18.7 Å². The van der Waals surface area contributed by atoms with E-state index in [2.05, 4.69) is 11.6 Å². The number of hydrogen-bond acceptors (Lipinski definition) is 5. The number of carbonyl (C=O) groups is 1. The number of esters is 1. The molecule has 2 aromatic rings. The molecule has 0 aliphatic rings. The van der Waals surface area contributed by atoms with Gasteiger partial charge < -0.3 is 13.9 Å².